The molecule has 138 valence electrons. The van der Waals surface area contributed by atoms with E-state index in [1.165, 1.54) is 11.6 Å². The van der Waals surface area contributed by atoms with Gasteiger partial charge in [-0.25, -0.2) is 9.18 Å². The van der Waals surface area contributed by atoms with Gasteiger partial charge in [-0.3, -0.25) is 4.90 Å². The van der Waals surface area contributed by atoms with Gasteiger partial charge >= 0.3 is 6.03 Å². The number of anilines is 1. The normalized spacial score (nSPS) is 15.2. The van der Waals surface area contributed by atoms with Crippen LogP contribution >= 0.6 is 0 Å². The van der Waals surface area contributed by atoms with Gasteiger partial charge in [-0.1, -0.05) is 35.9 Å². The lowest BCUT2D eigenvalue weighted by atomic mass is 10.1. The first-order valence-corrected chi connectivity index (χ1v) is 9.03. The molecular weight excluding hydrogens is 329 g/mol. The summed E-state index contributed by atoms with van der Waals surface area (Å²) >= 11 is 0. The standard InChI is InChI=1S/C21H26FN3O/c1-15-12-16(2)20(17(3)13-15)23-21(26)25-10-8-24(9-11-25)14-18-6-4-5-7-19(18)22/h4-7,12-13H,8-11,14H2,1-3H3,(H,23,26). The Bertz CT molecular complexity index is 775. The summed E-state index contributed by atoms with van der Waals surface area (Å²) in [6.07, 6.45) is 0. The predicted octanol–water partition coefficient (Wildman–Crippen LogP) is 4.10. The summed E-state index contributed by atoms with van der Waals surface area (Å²) in [5.41, 5.74) is 4.95. The second-order valence-electron chi connectivity index (χ2n) is 7.06. The van der Waals surface area contributed by atoms with Crippen molar-refractivity contribution >= 4 is 11.7 Å². The molecule has 26 heavy (non-hydrogen) atoms. The molecular formula is C21H26FN3O. The minimum Gasteiger partial charge on any atom is -0.322 e. The van der Waals surface area contributed by atoms with Gasteiger partial charge in [0.05, 0.1) is 0 Å². The van der Waals surface area contributed by atoms with Crippen LogP contribution in [0.25, 0.3) is 0 Å². The first-order chi connectivity index (χ1) is 12.4. The minimum absolute atomic E-state index is 0.0643. The van der Waals surface area contributed by atoms with Crippen LogP contribution in [0.5, 0.6) is 0 Å². The molecule has 1 saturated heterocycles. The Hall–Kier alpha value is -2.40. The third kappa shape index (κ3) is 4.22. The molecule has 2 aromatic carbocycles. The number of hydrogen-bond acceptors (Lipinski definition) is 2. The van der Waals surface area contributed by atoms with Crippen LogP contribution in [0, 0.1) is 26.6 Å². The summed E-state index contributed by atoms with van der Waals surface area (Å²) in [7, 11) is 0. The Kier molecular flexibility index (Phi) is 5.57. The van der Waals surface area contributed by atoms with Crippen LogP contribution in [-0.2, 0) is 6.54 Å². The molecule has 2 amide bonds. The fourth-order valence-electron chi connectivity index (χ4n) is 3.54. The Balaban J connectivity index is 1.56. The topological polar surface area (TPSA) is 35.6 Å². The van der Waals surface area contributed by atoms with Gasteiger partial charge < -0.3 is 10.2 Å². The Morgan fingerprint density at radius 3 is 2.27 bits per heavy atom. The van der Waals surface area contributed by atoms with Crippen LogP contribution in [0.1, 0.15) is 22.3 Å². The van der Waals surface area contributed by atoms with E-state index in [-0.39, 0.29) is 11.8 Å². The average molecular weight is 355 g/mol. The molecule has 1 aliphatic rings. The van der Waals surface area contributed by atoms with Gasteiger partial charge in [-0.2, -0.15) is 0 Å². The fraction of sp³-hybridized carbons (Fsp3) is 0.381. The van der Waals surface area contributed by atoms with Crippen LogP contribution in [0.4, 0.5) is 14.9 Å². The number of amides is 2. The Morgan fingerprint density at radius 1 is 1.04 bits per heavy atom. The van der Waals surface area contributed by atoms with Crippen molar-refractivity contribution in [3.8, 4) is 0 Å². The number of hydrogen-bond donors (Lipinski definition) is 1. The third-order valence-corrected chi connectivity index (χ3v) is 4.92. The highest BCUT2D eigenvalue weighted by Crippen LogP contribution is 2.22. The van der Waals surface area contributed by atoms with Crippen molar-refractivity contribution in [2.24, 2.45) is 0 Å². The molecule has 1 aliphatic heterocycles. The highest BCUT2D eigenvalue weighted by molar-refractivity contribution is 5.91. The third-order valence-electron chi connectivity index (χ3n) is 4.92. The fourth-order valence-corrected chi connectivity index (χ4v) is 3.54. The number of benzene rings is 2. The molecule has 0 atom stereocenters. The molecule has 5 heteroatoms. The largest absolute Gasteiger partial charge is 0.322 e. The van der Waals surface area contributed by atoms with Crippen molar-refractivity contribution in [3.63, 3.8) is 0 Å². The first-order valence-electron chi connectivity index (χ1n) is 9.03. The maximum absolute atomic E-state index is 13.8. The van der Waals surface area contributed by atoms with Gasteiger partial charge in [0.2, 0.25) is 0 Å². The van der Waals surface area contributed by atoms with Crippen LogP contribution in [0.2, 0.25) is 0 Å². The molecule has 0 aromatic heterocycles. The number of urea groups is 1. The number of piperazine rings is 1. The number of nitrogens with zero attached hydrogens (tertiary/aromatic N) is 2. The second kappa shape index (κ2) is 7.87. The number of aryl methyl sites for hydroxylation is 3. The van der Waals surface area contributed by atoms with Crippen LogP contribution in [0.3, 0.4) is 0 Å². The smallest absolute Gasteiger partial charge is 0.321 e. The first kappa shape index (κ1) is 18.4. The molecule has 0 bridgehead atoms. The van der Waals surface area contributed by atoms with E-state index in [1.54, 1.807) is 6.07 Å². The number of rotatable bonds is 3. The molecule has 1 fully saturated rings. The molecule has 4 nitrogen and oxygen atoms in total. The van der Waals surface area contributed by atoms with Gasteiger partial charge in [0.15, 0.2) is 0 Å². The van der Waals surface area contributed by atoms with E-state index in [4.69, 9.17) is 0 Å². The molecule has 2 aromatic rings. The molecule has 0 saturated carbocycles. The zero-order valence-corrected chi connectivity index (χ0v) is 15.7. The van der Waals surface area contributed by atoms with Gasteiger partial charge in [0, 0.05) is 44.0 Å². The summed E-state index contributed by atoms with van der Waals surface area (Å²) in [5.74, 6) is -0.169. The van der Waals surface area contributed by atoms with E-state index in [0.29, 0.717) is 25.2 Å². The van der Waals surface area contributed by atoms with Crippen molar-refractivity contribution in [3.05, 3.63) is 64.5 Å². The van der Waals surface area contributed by atoms with E-state index in [0.717, 1.165) is 29.9 Å². The van der Waals surface area contributed by atoms with Crippen LogP contribution < -0.4 is 5.32 Å². The van der Waals surface area contributed by atoms with E-state index < -0.39 is 0 Å². The summed E-state index contributed by atoms with van der Waals surface area (Å²) in [6, 6.07) is 11.0. The number of carbonyl (C=O) groups excluding carboxylic acids is 1. The van der Waals surface area contributed by atoms with Crippen molar-refractivity contribution in [1.82, 2.24) is 9.80 Å². The van der Waals surface area contributed by atoms with Crippen LogP contribution in [-0.4, -0.2) is 42.0 Å². The van der Waals surface area contributed by atoms with E-state index in [2.05, 4.69) is 29.3 Å². The SMILES string of the molecule is Cc1cc(C)c(NC(=O)N2CCN(Cc3ccccc3F)CC2)c(C)c1. The summed E-state index contributed by atoms with van der Waals surface area (Å²) < 4.78 is 13.8. The van der Waals surface area contributed by atoms with Gasteiger partial charge in [0.25, 0.3) is 0 Å². The highest BCUT2D eigenvalue weighted by atomic mass is 19.1. The molecule has 3 rings (SSSR count). The van der Waals surface area contributed by atoms with E-state index >= 15 is 0 Å². The van der Waals surface area contributed by atoms with Crippen molar-refractivity contribution in [2.75, 3.05) is 31.5 Å². The van der Waals surface area contributed by atoms with Crippen molar-refractivity contribution < 1.29 is 9.18 Å². The maximum Gasteiger partial charge on any atom is 0.321 e. The predicted molar refractivity (Wildman–Crippen MR) is 103 cm³/mol. The molecule has 0 aliphatic carbocycles. The number of nitrogens with one attached hydrogen (secondary N) is 1. The maximum atomic E-state index is 13.8. The second-order valence-corrected chi connectivity index (χ2v) is 7.06. The quantitative estimate of drug-likeness (QED) is 0.900. The number of halogens is 1. The summed E-state index contributed by atoms with van der Waals surface area (Å²) in [5, 5.41) is 3.06. The Labute approximate surface area is 154 Å². The van der Waals surface area contributed by atoms with E-state index in [9.17, 15) is 9.18 Å². The van der Waals surface area contributed by atoms with E-state index in [1.807, 2.05) is 30.9 Å². The van der Waals surface area contributed by atoms with Gasteiger partial charge in [-0.05, 0) is 38.0 Å². The summed E-state index contributed by atoms with van der Waals surface area (Å²) in [6.45, 7) is 9.44. The van der Waals surface area contributed by atoms with Crippen molar-refractivity contribution in [2.45, 2.75) is 27.3 Å². The average Bonchev–Trinajstić information content (AvgIpc) is 2.60. The summed E-state index contributed by atoms with van der Waals surface area (Å²) in [4.78, 5) is 16.6. The lowest BCUT2D eigenvalue weighted by Gasteiger charge is -2.35. The lowest BCUT2D eigenvalue weighted by Crippen LogP contribution is -2.49. The molecule has 0 spiro atoms. The zero-order chi connectivity index (χ0) is 18.7. The molecule has 1 N–H and O–H groups in total. The van der Waals surface area contributed by atoms with Crippen molar-refractivity contribution in [1.29, 1.82) is 0 Å². The Morgan fingerprint density at radius 2 is 1.65 bits per heavy atom. The minimum atomic E-state index is -0.169. The number of carbonyl (C=O) groups is 1. The molecule has 1 heterocycles. The van der Waals surface area contributed by atoms with Crippen LogP contribution in [0.15, 0.2) is 36.4 Å². The molecule has 0 unspecified atom stereocenters. The highest BCUT2D eigenvalue weighted by Gasteiger charge is 2.22. The monoisotopic (exact) mass is 355 g/mol. The molecule has 0 radical (unpaired) electrons. The van der Waals surface area contributed by atoms with Gasteiger partial charge in [-0.15, -0.1) is 0 Å². The lowest BCUT2D eigenvalue weighted by molar-refractivity contribution is 0.142. The van der Waals surface area contributed by atoms with Gasteiger partial charge in [0.1, 0.15) is 5.82 Å². The zero-order valence-electron chi connectivity index (χ0n) is 15.7.